The van der Waals surface area contributed by atoms with Crippen molar-refractivity contribution in [3.63, 3.8) is 0 Å². The van der Waals surface area contributed by atoms with Gasteiger partial charge in [0.1, 0.15) is 0 Å². The van der Waals surface area contributed by atoms with Crippen molar-refractivity contribution in [3.05, 3.63) is 4.77 Å². The lowest BCUT2D eigenvalue weighted by molar-refractivity contribution is -0.116. The number of aromatic nitrogens is 3. The number of amides is 1. The van der Waals surface area contributed by atoms with Gasteiger partial charge in [-0.15, -0.1) is 5.10 Å². The van der Waals surface area contributed by atoms with E-state index in [1.165, 1.54) is 0 Å². The molecular formula is C9H16N4OS. The fourth-order valence-corrected chi connectivity index (χ4v) is 1.31. The summed E-state index contributed by atoms with van der Waals surface area (Å²) in [4.78, 5) is 11.4. The van der Waals surface area contributed by atoms with Crippen LogP contribution in [0.3, 0.4) is 0 Å². The van der Waals surface area contributed by atoms with Gasteiger partial charge >= 0.3 is 0 Å². The van der Waals surface area contributed by atoms with E-state index < -0.39 is 0 Å². The molecule has 0 unspecified atom stereocenters. The van der Waals surface area contributed by atoms with Crippen molar-refractivity contribution in [2.24, 2.45) is 7.05 Å². The summed E-state index contributed by atoms with van der Waals surface area (Å²) in [6.07, 6.45) is 3.64. The number of nitrogens with one attached hydrogen (secondary N) is 2. The number of unbranched alkanes of at least 4 members (excludes halogenated alkanes) is 2. The molecule has 1 heterocycles. The minimum Gasteiger partial charge on any atom is -0.295 e. The van der Waals surface area contributed by atoms with Gasteiger partial charge in [0.15, 0.2) is 4.77 Å². The fourth-order valence-electron chi connectivity index (χ4n) is 1.18. The van der Waals surface area contributed by atoms with Crippen molar-refractivity contribution in [1.29, 1.82) is 0 Å². The largest absolute Gasteiger partial charge is 0.295 e. The first-order chi connectivity index (χ1) is 7.15. The number of rotatable bonds is 5. The van der Waals surface area contributed by atoms with Crippen LogP contribution in [-0.2, 0) is 11.8 Å². The van der Waals surface area contributed by atoms with Gasteiger partial charge in [0, 0.05) is 13.5 Å². The van der Waals surface area contributed by atoms with Crippen LogP contribution in [0.15, 0.2) is 0 Å². The highest BCUT2D eigenvalue weighted by atomic mass is 32.1. The second kappa shape index (κ2) is 5.65. The van der Waals surface area contributed by atoms with Crippen LogP contribution in [0.4, 0.5) is 5.95 Å². The minimum absolute atomic E-state index is 0.0134. The van der Waals surface area contributed by atoms with Crippen molar-refractivity contribution in [1.82, 2.24) is 14.8 Å². The molecule has 15 heavy (non-hydrogen) atoms. The quantitative estimate of drug-likeness (QED) is 0.598. The molecule has 1 aromatic heterocycles. The molecule has 1 aromatic rings. The molecule has 0 aliphatic carbocycles. The highest BCUT2D eigenvalue weighted by Crippen LogP contribution is 2.04. The predicted octanol–water partition coefficient (Wildman–Crippen LogP) is 2.00. The molecule has 0 aliphatic rings. The van der Waals surface area contributed by atoms with Gasteiger partial charge < -0.3 is 0 Å². The number of anilines is 1. The molecule has 0 saturated heterocycles. The van der Waals surface area contributed by atoms with E-state index in [-0.39, 0.29) is 5.91 Å². The van der Waals surface area contributed by atoms with Crippen LogP contribution in [0.25, 0.3) is 0 Å². The van der Waals surface area contributed by atoms with Crippen LogP contribution in [0.5, 0.6) is 0 Å². The number of carbonyl (C=O) groups excluding carboxylic acids is 1. The molecule has 1 rings (SSSR count). The Morgan fingerprint density at radius 3 is 2.87 bits per heavy atom. The van der Waals surface area contributed by atoms with Crippen LogP contribution in [0, 0.1) is 4.77 Å². The SMILES string of the molecule is CCCCCC(=O)Nc1n[nH]c(=S)n1C. The molecule has 0 atom stereocenters. The summed E-state index contributed by atoms with van der Waals surface area (Å²) in [5.74, 6) is 0.460. The van der Waals surface area contributed by atoms with E-state index in [0.29, 0.717) is 17.1 Å². The highest BCUT2D eigenvalue weighted by Gasteiger charge is 2.06. The molecule has 1 amide bonds. The first-order valence-electron chi connectivity index (χ1n) is 5.06. The molecule has 0 spiro atoms. The average Bonchev–Trinajstić information content (AvgIpc) is 2.50. The average molecular weight is 228 g/mol. The molecule has 2 N–H and O–H groups in total. The Kier molecular flexibility index (Phi) is 4.48. The number of nitrogens with zero attached hydrogens (tertiary/aromatic N) is 2. The third-order valence-corrected chi connectivity index (χ3v) is 2.50. The van der Waals surface area contributed by atoms with Gasteiger partial charge in [-0.05, 0) is 18.6 Å². The fraction of sp³-hybridized carbons (Fsp3) is 0.667. The first-order valence-corrected chi connectivity index (χ1v) is 5.47. The number of H-pyrrole nitrogens is 1. The summed E-state index contributed by atoms with van der Waals surface area (Å²) in [7, 11) is 1.76. The molecule has 0 aliphatic heterocycles. The zero-order chi connectivity index (χ0) is 11.3. The molecule has 5 nitrogen and oxygen atoms in total. The highest BCUT2D eigenvalue weighted by molar-refractivity contribution is 7.71. The monoisotopic (exact) mass is 228 g/mol. The van der Waals surface area contributed by atoms with Crippen molar-refractivity contribution < 1.29 is 4.79 Å². The van der Waals surface area contributed by atoms with Crippen LogP contribution in [-0.4, -0.2) is 20.7 Å². The van der Waals surface area contributed by atoms with E-state index in [4.69, 9.17) is 12.2 Å². The number of aromatic amines is 1. The molecule has 0 saturated carbocycles. The molecule has 84 valence electrons. The van der Waals surface area contributed by atoms with Gasteiger partial charge in [0.25, 0.3) is 0 Å². The normalized spacial score (nSPS) is 10.3. The molecule has 0 aromatic carbocycles. The molecule has 6 heteroatoms. The third kappa shape index (κ3) is 3.47. The Hall–Kier alpha value is -1.17. The summed E-state index contributed by atoms with van der Waals surface area (Å²) in [6.45, 7) is 2.11. The Morgan fingerprint density at radius 2 is 2.33 bits per heavy atom. The number of hydrogen-bond donors (Lipinski definition) is 2. The zero-order valence-electron chi connectivity index (χ0n) is 9.04. The van der Waals surface area contributed by atoms with Crippen LogP contribution in [0.2, 0.25) is 0 Å². The Labute approximate surface area is 93.9 Å². The van der Waals surface area contributed by atoms with E-state index in [2.05, 4.69) is 22.4 Å². The van der Waals surface area contributed by atoms with Crippen molar-refractivity contribution in [2.45, 2.75) is 32.6 Å². The van der Waals surface area contributed by atoms with Gasteiger partial charge in [0.05, 0.1) is 0 Å². The second-order valence-electron chi connectivity index (χ2n) is 3.42. The van der Waals surface area contributed by atoms with E-state index in [1.54, 1.807) is 11.6 Å². The second-order valence-corrected chi connectivity index (χ2v) is 3.80. The molecule has 0 bridgehead atoms. The Morgan fingerprint density at radius 1 is 1.60 bits per heavy atom. The maximum absolute atomic E-state index is 11.4. The summed E-state index contributed by atoms with van der Waals surface area (Å²) >= 11 is 4.93. The van der Waals surface area contributed by atoms with E-state index >= 15 is 0 Å². The van der Waals surface area contributed by atoms with Crippen molar-refractivity contribution >= 4 is 24.1 Å². The summed E-state index contributed by atoms with van der Waals surface area (Å²) in [5, 5.41) is 9.21. The van der Waals surface area contributed by atoms with Crippen molar-refractivity contribution in [3.8, 4) is 0 Å². The third-order valence-electron chi connectivity index (χ3n) is 2.14. The smallest absolute Gasteiger partial charge is 0.229 e. The van der Waals surface area contributed by atoms with Gasteiger partial charge in [-0.2, -0.15) is 0 Å². The molecule has 0 radical (unpaired) electrons. The molecular weight excluding hydrogens is 212 g/mol. The summed E-state index contributed by atoms with van der Waals surface area (Å²) in [5.41, 5.74) is 0. The predicted molar refractivity (Wildman–Crippen MR) is 61.2 cm³/mol. The lowest BCUT2D eigenvalue weighted by Gasteiger charge is -2.02. The van der Waals surface area contributed by atoms with Crippen LogP contribution < -0.4 is 5.32 Å². The van der Waals surface area contributed by atoms with Gasteiger partial charge in [-0.1, -0.05) is 19.8 Å². The summed E-state index contributed by atoms with van der Waals surface area (Å²) < 4.78 is 2.13. The minimum atomic E-state index is -0.0134. The number of carbonyl (C=O) groups is 1. The Balaban J connectivity index is 2.45. The van der Waals surface area contributed by atoms with Crippen molar-refractivity contribution in [2.75, 3.05) is 5.32 Å². The molecule has 0 fully saturated rings. The lowest BCUT2D eigenvalue weighted by Crippen LogP contribution is -2.14. The van der Waals surface area contributed by atoms with Gasteiger partial charge in [-0.3, -0.25) is 14.7 Å². The maximum atomic E-state index is 11.4. The van der Waals surface area contributed by atoms with E-state index in [1.807, 2.05) is 0 Å². The van der Waals surface area contributed by atoms with E-state index in [0.717, 1.165) is 19.3 Å². The van der Waals surface area contributed by atoms with E-state index in [9.17, 15) is 4.79 Å². The standard InChI is InChI=1S/C9H16N4OS/c1-3-4-5-6-7(14)10-8-11-12-9(15)13(8)2/h3-6H2,1-2H3,(H,12,15)(H,10,11,14). The lowest BCUT2D eigenvalue weighted by atomic mass is 10.2. The Bertz CT molecular complexity index is 382. The first kappa shape index (κ1) is 11.9. The topological polar surface area (TPSA) is 62.7 Å². The maximum Gasteiger partial charge on any atom is 0.229 e. The van der Waals surface area contributed by atoms with Gasteiger partial charge in [0.2, 0.25) is 11.9 Å². The van der Waals surface area contributed by atoms with Crippen LogP contribution >= 0.6 is 12.2 Å². The van der Waals surface area contributed by atoms with Gasteiger partial charge in [-0.25, -0.2) is 5.10 Å². The zero-order valence-corrected chi connectivity index (χ0v) is 9.86. The number of hydrogen-bond acceptors (Lipinski definition) is 3. The van der Waals surface area contributed by atoms with Crippen LogP contribution in [0.1, 0.15) is 32.6 Å². The summed E-state index contributed by atoms with van der Waals surface area (Å²) in [6, 6.07) is 0.